The van der Waals surface area contributed by atoms with Gasteiger partial charge in [0.15, 0.2) is 17.3 Å². The molecule has 6 nitrogen and oxygen atoms in total. The zero-order valence-electron chi connectivity index (χ0n) is 19.7. The first-order chi connectivity index (χ1) is 15.2. The first-order valence-electron chi connectivity index (χ1n) is 11.0. The molecular formula is C26H32O6. The summed E-state index contributed by atoms with van der Waals surface area (Å²) < 4.78 is 23.1. The molecule has 0 fully saturated rings. The van der Waals surface area contributed by atoms with E-state index < -0.39 is 5.60 Å². The van der Waals surface area contributed by atoms with E-state index in [1.807, 2.05) is 58.0 Å². The summed E-state index contributed by atoms with van der Waals surface area (Å²) in [6.45, 7) is 7.56. The molecule has 6 heteroatoms. The highest BCUT2D eigenvalue weighted by molar-refractivity contribution is 6.02. The van der Waals surface area contributed by atoms with Crippen LogP contribution in [0.1, 0.15) is 56.5 Å². The smallest absolute Gasteiger partial charge is 0.309 e. The molecule has 0 bridgehead atoms. The highest BCUT2D eigenvalue weighted by Gasteiger charge is 2.30. The molecule has 1 atom stereocenters. The Balaban J connectivity index is 2.00. The second-order valence-electron chi connectivity index (χ2n) is 8.71. The number of fused-ring (bicyclic) bond motifs is 1. The largest absolute Gasteiger partial charge is 0.493 e. The zero-order valence-corrected chi connectivity index (χ0v) is 19.7. The van der Waals surface area contributed by atoms with Crippen LogP contribution in [0, 0.1) is 5.92 Å². The van der Waals surface area contributed by atoms with Crippen LogP contribution in [0.5, 0.6) is 17.2 Å². The number of carbonyl (C=O) groups is 2. The normalized spacial score (nSPS) is 14.0. The Hall–Kier alpha value is -3.02. The third-order valence-corrected chi connectivity index (χ3v) is 5.82. The number of hydrogen-bond donors (Lipinski definition) is 0. The van der Waals surface area contributed by atoms with Gasteiger partial charge in [0.2, 0.25) is 5.75 Å². The predicted molar refractivity (Wildman–Crippen MR) is 123 cm³/mol. The minimum Gasteiger partial charge on any atom is -0.493 e. The lowest BCUT2D eigenvalue weighted by Gasteiger charge is -2.28. The van der Waals surface area contributed by atoms with Gasteiger partial charge < -0.3 is 18.9 Å². The van der Waals surface area contributed by atoms with Crippen LogP contribution in [0.2, 0.25) is 0 Å². The maximum Gasteiger partial charge on any atom is 0.309 e. The maximum absolute atomic E-state index is 12.3. The van der Waals surface area contributed by atoms with Crippen molar-refractivity contribution in [2.45, 2.75) is 52.6 Å². The van der Waals surface area contributed by atoms with E-state index in [4.69, 9.17) is 18.9 Å². The van der Waals surface area contributed by atoms with Crippen molar-refractivity contribution < 1.29 is 28.5 Å². The number of Topliss-reactive ketones (excluding diaryl/α,β-unsaturated/α-hetero) is 1. The van der Waals surface area contributed by atoms with Crippen LogP contribution in [0.15, 0.2) is 30.3 Å². The van der Waals surface area contributed by atoms with Crippen molar-refractivity contribution in [1.29, 1.82) is 0 Å². The van der Waals surface area contributed by atoms with Gasteiger partial charge in [0.05, 0.1) is 20.1 Å². The molecule has 1 unspecified atom stereocenters. The van der Waals surface area contributed by atoms with Crippen molar-refractivity contribution in [2.24, 2.45) is 5.92 Å². The molecule has 0 N–H and O–H groups in total. The van der Waals surface area contributed by atoms with E-state index in [9.17, 15) is 9.59 Å². The van der Waals surface area contributed by atoms with Crippen LogP contribution >= 0.6 is 0 Å². The summed E-state index contributed by atoms with van der Waals surface area (Å²) in [5.74, 6) is 1.20. The fraction of sp³-hybridized carbons (Fsp3) is 0.462. The summed E-state index contributed by atoms with van der Waals surface area (Å²) in [5, 5.41) is 0. The maximum atomic E-state index is 12.3. The van der Waals surface area contributed by atoms with Crippen molar-refractivity contribution in [3.05, 3.63) is 41.5 Å². The SMILES string of the molecule is CCC(C)C(=O)OC(C)(C)COc1c(-c2cccc3c2CCC3=O)ccc(OC)c1OC. The van der Waals surface area contributed by atoms with Gasteiger partial charge in [-0.25, -0.2) is 0 Å². The number of methoxy groups -OCH3 is 2. The molecule has 2 aromatic rings. The van der Waals surface area contributed by atoms with Crippen molar-refractivity contribution in [3.63, 3.8) is 0 Å². The molecule has 3 rings (SSSR count). The van der Waals surface area contributed by atoms with Gasteiger partial charge in [-0.1, -0.05) is 32.0 Å². The quantitative estimate of drug-likeness (QED) is 0.496. The minimum absolute atomic E-state index is 0.125. The van der Waals surface area contributed by atoms with E-state index in [1.54, 1.807) is 14.2 Å². The molecule has 32 heavy (non-hydrogen) atoms. The molecule has 1 aliphatic rings. The van der Waals surface area contributed by atoms with E-state index >= 15 is 0 Å². The highest BCUT2D eigenvalue weighted by atomic mass is 16.6. The van der Waals surface area contributed by atoms with Crippen molar-refractivity contribution in [2.75, 3.05) is 20.8 Å². The van der Waals surface area contributed by atoms with Crippen LogP contribution in [0.4, 0.5) is 0 Å². The van der Waals surface area contributed by atoms with Crippen molar-refractivity contribution in [3.8, 4) is 28.4 Å². The molecule has 2 aromatic carbocycles. The van der Waals surface area contributed by atoms with E-state index in [0.29, 0.717) is 36.5 Å². The number of ketones is 1. The van der Waals surface area contributed by atoms with Gasteiger partial charge >= 0.3 is 5.97 Å². The Kier molecular flexibility index (Phi) is 7.12. The molecular weight excluding hydrogens is 408 g/mol. The molecule has 1 aliphatic carbocycles. The van der Waals surface area contributed by atoms with Gasteiger partial charge in [-0.3, -0.25) is 9.59 Å². The second-order valence-corrected chi connectivity index (χ2v) is 8.71. The van der Waals surface area contributed by atoms with E-state index in [0.717, 1.165) is 22.3 Å². The van der Waals surface area contributed by atoms with Gasteiger partial charge in [0, 0.05) is 17.5 Å². The van der Waals surface area contributed by atoms with Gasteiger partial charge in [0.25, 0.3) is 0 Å². The molecule has 0 heterocycles. The standard InChI is InChI=1S/C26H32O6/c1-7-16(2)25(28)32-26(3,4)15-31-23-20(12-14-22(29-5)24(23)30-6)17-9-8-10-19-18(17)11-13-21(19)27/h8-10,12,14,16H,7,11,13,15H2,1-6H3. The van der Waals surface area contributed by atoms with Gasteiger partial charge in [-0.15, -0.1) is 0 Å². The minimum atomic E-state index is -0.847. The summed E-state index contributed by atoms with van der Waals surface area (Å²) in [6.07, 6.45) is 1.91. The summed E-state index contributed by atoms with van der Waals surface area (Å²) in [5.41, 5.74) is 2.65. The lowest BCUT2D eigenvalue weighted by molar-refractivity contribution is -0.163. The predicted octanol–water partition coefficient (Wildman–Crippen LogP) is 5.25. The van der Waals surface area contributed by atoms with Gasteiger partial charge in [-0.05, 0) is 49.9 Å². The Bertz CT molecular complexity index is 1010. The number of hydrogen-bond acceptors (Lipinski definition) is 6. The Morgan fingerprint density at radius 2 is 1.72 bits per heavy atom. The highest BCUT2D eigenvalue weighted by Crippen LogP contribution is 2.46. The van der Waals surface area contributed by atoms with Crippen LogP contribution in [-0.4, -0.2) is 38.2 Å². The first-order valence-corrected chi connectivity index (χ1v) is 11.0. The lowest BCUT2D eigenvalue weighted by atomic mass is 9.95. The molecule has 0 amide bonds. The molecule has 0 aliphatic heterocycles. The summed E-state index contributed by atoms with van der Waals surface area (Å²) in [4.78, 5) is 24.6. The fourth-order valence-corrected chi connectivity index (χ4v) is 3.81. The average Bonchev–Trinajstić information content (AvgIpc) is 3.17. The number of esters is 1. The fourth-order valence-electron chi connectivity index (χ4n) is 3.81. The van der Waals surface area contributed by atoms with Crippen molar-refractivity contribution in [1.82, 2.24) is 0 Å². The van der Waals surface area contributed by atoms with Gasteiger partial charge in [-0.2, -0.15) is 0 Å². The van der Waals surface area contributed by atoms with Crippen molar-refractivity contribution >= 4 is 11.8 Å². The topological polar surface area (TPSA) is 71.1 Å². The third kappa shape index (κ3) is 4.74. The molecule has 0 aromatic heterocycles. The molecule has 0 spiro atoms. The summed E-state index contributed by atoms with van der Waals surface area (Å²) in [6, 6.07) is 9.47. The van der Waals surface area contributed by atoms with E-state index in [1.165, 1.54) is 0 Å². The second kappa shape index (κ2) is 9.63. The Morgan fingerprint density at radius 1 is 1.00 bits per heavy atom. The van der Waals surface area contributed by atoms with Crippen LogP contribution in [0.3, 0.4) is 0 Å². The monoisotopic (exact) mass is 440 g/mol. The summed E-state index contributed by atoms with van der Waals surface area (Å²) >= 11 is 0. The number of benzene rings is 2. The zero-order chi connectivity index (χ0) is 23.5. The molecule has 172 valence electrons. The first kappa shape index (κ1) is 23.6. The molecule has 0 saturated carbocycles. The van der Waals surface area contributed by atoms with E-state index in [-0.39, 0.29) is 24.3 Å². The number of ether oxygens (including phenoxy) is 4. The summed E-state index contributed by atoms with van der Waals surface area (Å²) in [7, 11) is 3.12. The Labute approximate surface area is 189 Å². The Morgan fingerprint density at radius 3 is 2.38 bits per heavy atom. The number of carbonyl (C=O) groups excluding carboxylic acids is 2. The molecule has 0 saturated heterocycles. The average molecular weight is 441 g/mol. The van der Waals surface area contributed by atoms with Crippen LogP contribution < -0.4 is 14.2 Å². The van der Waals surface area contributed by atoms with Crippen LogP contribution in [-0.2, 0) is 16.0 Å². The number of rotatable bonds is 9. The van der Waals surface area contributed by atoms with E-state index in [2.05, 4.69) is 0 Å². The lowest BCUT2D eigenvalue weighted by Crippen LogP contribution is -2.36. The third-order valence-electron chi connectivity index (χ3n) is 5.82. The molecule has 0 radical (unpaired) electrons. The van der Waals surface area contributed by atoms with Gasteiger partial charge in [0.1, 0.15) is 12.2 Å². The van der Waals surface area contributed by atoms with Crippen LogP contribution in [0.25, 0.3) is 11.1 Å².